The van der Waals surface area contributed by atoms with E-state index in [9.17, 15) is 0 Å². The van der Waals surface area contributed by atoms with Crippen LogP contribution in [0, 0.1) is 0 Å². The SMILES string of the molecule is CCO[C@@H]1CCC(CO)O1. The van der Waals surface area contributed by atoms with Crippen molar-refractivity contribution in [3.8, 4) is 0 Å². The van der Waals surface area contributed by atoms with Gasteiger partial charge in [-0.05, 0) is 13.3 Å². The Labute approximate surface area is 60.9 Å². The molecule has 2 atom stereocenters. The number of aliphatic hydroxyl groups excluding tert-OH is 1. The second kappa shape index (κ2) is 3.91. The zero-order chi connectivity index (χ0) is 7.40. The lowest BCUT2D eigenvalue weighted by molar-refractivity contribution is -0.137. The lowest BCUT2D eigenvalue weighted by Crippen LogP contribution is -2.16. The fourth-order valence-corrected chi connectivity index (χ4v) is 1.12. The quantitative estimate of drug-likeness (QED) is 0.631. The molecule has 10 heavy (non-hydrogen) atoms. The van der Waals surface area contributed by atoms with Gasteiger partial charge in [-0.1, -0.05) is 0 Å². The molecule has 3 nitrogen and oxygen atoms in total. The van der Waals surface area contributed by atoms with E-state index in [0.29, 0.717) is 6.61 Å². The van der Waals surface area contributed by atoms with Gasteiger partial charge in [0.2, 0.25) is 0 Å². The van der Waals surface area contributed by atoms with Crippen LogP contribution in [0.1, 0.15) is 19.8 Å². The van der Waals surface area contributed by atoms with Gasteiger partial charge in [0.15, 0.2) is 6.29 Å². The minimum absolute atomic E-state index is 0.0107. The van der Waals surface area contributed by atoms with E-state index in [0.717, 1.165) is 12.8 Å². The molecule has 3 heteroatoms. The average Bonchev–Trinajstić information content (AvgIpc) is 2.37. The van der Waals surface area contributed by atoms with Crippen LogP contribution < -0.4 is 0 Å². The molecule has 1 unspecified atom stereocenters. The highest BCUT2D eigenvalue weighted by atomic mass is 16.7. The Morgan fingerprint density at radius 3 is 2.90 bits per heavy atom. The average molecular weight is 146 g/mol. The number of hydrogen-bond acceptors (Lipinski definition) is 3. The highest BCUT2D eigenvalue weighted by molar-refractivity contribution is 4.66. The second-order valence-corrected chi connectivity index (χ2v) is 2.40. The van der Waals surface area contributed by atoms with Gasteiger partial charge in [0.1, 0.15) is 0 Å². The van der Waals surface area contributed by atoms with Gasteiger partial charge in [0, 0.05) is 13.0 Å². The largest absolute Gasteiger partial charge is 0.394 e. The molecule has 1 heterocycles. The van der Waals surface area contributed by atoms with Gasteiger partial charge in [-0.3, -0.25) is 0 Å². The number of ether oxygens (including phenoxy) is 2. The topological polar surface area (TPSA) is 38.7 Å². The Bertz CT molecular complexity index is 94.9. The van der Waals surface area contributed by atoms with Crippen molar-refractivity contribution in [1.82, 2.24) is 0 Å². The summed E-state index contributed by atoms with van der Waals surface area (Å²) in [7, 11) is 0. The predicted octanol–water partition coefficient (Wildman–Crippen LogP) is 0.520. The lowest BCUT2D eigenvalue weighted by Gasteiger charge is -2.10. The summed E-state index contributed by atoms with van der Waals surface area (Å²) in [5.74, 6) is 0. The first-order chi connectivity index (χ1) is 4.86. The molecule has 0 saturated carbocycles. The molecule has 0 aromatic carbocycles. The van der Waals surface area contributed by atoms with E-state index >= 15 is 0 Å². The van der Waals surface area contributed by atoms with Crippen LogP contribution >= 0.6 is 0 Å². The zero-order valence-corrected chi connectivity index (χ0v) is 6.25. The van der Waals surface area contributed by atoms with Gasteiger partial charge in [0.05, 0.1) is 12.7 Å². The van der Waals surface area contributed by atoms with E-state index in [1.165, 1.54) is 0 Å². The summed E-state index contributed by atoms with van der Waals surface area (Å²) in [6, 6.07) is 0. The first kappa shape index (κ1) is 7.98. The summed E-state index contributed by atoms with van der Waals surface area (Å²) < 4.78 is 10.5. The summed E-state index contributed by atoms with van der Waals surface area (Å²) in [6.45, 7) is 2.74. The molecule has 60 valence electrons. The number of aliphatic hydroxyl groups is 1. The maximum Gasteiger partial charge on any atom is 0.158 e. The first-order valence-electron chi connectivity index (χ1n) is 3.74. The van der Waals surface area contributed by atoms with Gasteiger partial charge >= 0.3 is 0 Å². The normalized spacial score (nSPS) is 33.0. The van der Waals surface area contributed by atoms with Crippen LogP contribution in [0.4, 0.5) is 0 Å². The van der Waals surface area contributed by atoms with Gasteiger partial charge in [-0.15, -0.1) is 0 Å². The predicted molar refractivity (Wildman–Crippen MR) is 36.6 cm³/mol. The number of rotatable bonds is 3. The van der Waals surface area contributed by atoms with Crippen molar-refractivity contribution in [3.63, 3.8) is 0 Å². The molecule has 0 radical (unpaired) electrons. The minimum atomic E-state index is -0.0675. The van der Waals surface area contributed by atoms with Gasteiger partial charge in [-0.2, -0.15) is 0 Å². The molecule has 1 aliphatic rings. The molecule has 0 aliphatic carbocycles. The van der Waals surface area contributed by atoms with Crippen molar-refractivity contribution >= 4 is 0 Å². The van der Waals surface area contributed by atoms with Crippen molar-refractivity contribution in [3.05, 3.63) is 0 Å². The van der Waals surface area contributed by atoms with Gasteiger partial charge < -0.3 is 14.6 Å². The van der Waals surface area contributed by atoms with Crippen LogP contribution in [0.15, 0.2) is 0 Å². The van der Waals surface area contributed by atoms with E-state index in [4.69, 9.17) is 14.6 Å². The van der Waals surface area contributed by atoms with Crippen LogP contribution in [0.5, 0.6) is 0 Å². The van der Waals surface area contributed by atoms with Crippen LogP contribution in [-0.4, -0.2) is 30.7 Å². The first-order valence-corrected chi connectivity index (χ1v) is 3.74. The molecule has 0 amide bonds. The van der Waals surface area contributed by atoms with Crippen molar-refractivity contribution < 1.29 is 14.6 Å². The van der Waals surface area contributed by atoms with Crippen molar-refractivity contribution in [2.75, 3.05) is 13.2 Å². The van der Waals surface area contributed by atoms with Crippen molar-refractivity contribution in [2.45, 2.75) is 32.2 Å². The summed E-state index contributed by atoms with van der Waals surface area (Å²) in [4.78, 5) is 0. The molecule has 0 spiro atoms. The summed E-state index contributed by atoms with van der Waals surface area (Å²) >= 11 is 0. The molecular weight excluding hydrogens is 132 g/mol. The Morgan fingerprint density at radius 1 is 1.60 bits per heavy atom. The summed E-state index contributed by atoms with van der Waals surface area (Å²) in [6.07, 6.45) is 1.78. The standard InChI is InChI=1S/C7H14O3/c1-2-9-7-4-3-6(5-8)10-7/h6-8H,2-5H2,1H3/t6?,7-/m0/s1. The Balaban J connectivity index is 2.15. The second-order valence-electron chi connectivity index (χ2n) is 2.40. The highest BCUT2D eigenvalue weighted by Crippen LogP contribution is 2.19. The summed E-state index contributed by atoms with van der Waals surface area (Å²) in [5, 5.41) is 8.67. The third kappa shape index (κ3) is 1.94. The highest BCUT2D eigenvalue weighted by Gasteiger charge is 2.24. The molecular formula is C7H14O3. The monoisotopic (exact) mass is 146 g/mol. The van der Waals surface area contributed by atoms with Crippen LogP contribution in [0.25, 0.3) is 0 Å². The smallest absolute Gasteiger partial charge is 0.158 e. The van der Waals surface area contributed by atoms with Crippen LogP contribution in [0.3, 0.4) is 0 Å². The van der Waals surface area contributed by atoms with E-state index in [1.807, 2.05) is 6.92 Å². The lowest BCUT2D eigenvalue weighted by atomic mass is 10.2. The van der Waals surface area contributed by atoms with Gasteiger partial charge in [-0.25, -0.2) is 0 Å². The maximum atomic E-state index is 8.67. The van der Waals surface area contributed by atoms with E-state index in [1.54, 1.807) is 0 Å². The van der Waals surface area contributed by atoms with Crippen LogP contribution in [0.2, 0.25) is 0 Å². The van der Waals surface area contributed by atoms with Crippen molar-refractivity contribution in [2.24, 2.45) is 0 Å². The van der Waals surface area contributed by atoms with E-state index in [2.05, 4.69) is 0 Å². The van der Waals surface area contributed by atoms with Gasteiger partial charge in [0.25, 0.3) is 0 Å². The van der Waals surface area contributed by atoms with E-state index in [-0.39, 0.29) is 19.0 Å². The molecule has 1 N–H and O–H groups in total. The third-order valence-corrected chi connectivity index (χ3v) is 1.62. The third-order valence-electron chi connectivity index (χ3n) is 1.62. The Kier molecular flexibility index (Phi) is 3.12. The Hall–Kier alpha value is -0.120. The molecule has 1 saturated heterocycles. The molecule has 1 aliphatic heterocycles. The van der Waals surface area contributed by atoms with E-state index < -0.39 is 0 Å². The Morgan fingerprint density at radius 2 is 2.40 bits per heavy atom. The number of hydrogen-bond donors (Lipinski definition) is 1. The molecule has 0 aromatic rings. The maximum absolute atomic E-state index is 8.67. The summed E-state index contributed by atoms with van der Waals surface area (Å²) in [5.41, 5.74) is 0. The molecule has 1 fully saturated rings. The molecule has 1 rings (SSSR count). The molecule has 0 bridgehead atoms. The van der Waals surface area contributed by atoms with Crippen molar-refractivity contribution in [1.29, 1.82) is 0 Å². The minimum Gasteiger partial charge on any atom is -0.394 e. The zero-order valence-electron chi connectivity index (χ0n) is 6.25. The molecule has 0 aromatic heterocycles. The fourth-order valence-electron chi connectivity index (χ4n) is 1.12. The fraction of sp³-hybridized carbons (Fsp3) is 1.00. The van der Waals surface area contributed by atoms with Crippen LogP contribution in [-0.2, 0) is 9.47 Å².